The van der Waals surface area contributed by atoms with E-state index in [-0.39, 0.29) is 11.9 Å². The number of hydrogen-bond acceptors (Lipinski definition) is 2. The molecule has 1 atom stereocenters. The zero-order valence-corrected chi connectivity index (χ0v) is 13.9. The molecule has 3 nitrogen and oxygen atoms in total. The molecule has 4 rings (SSSR count). The number of benzene rings is 1. The number of carbonyl (C=O) groups excluding carboxylic acids is 1. The van der Waals surface area contributed by atoms with E-state index in [9.17, 15) is 4.79 Å². The molecular formula is C19H19ClN2O. The summed E-state index contributed by atoms with van der Waals surface area (Å²) in [7, 11) is 0. The van der Waals surface area contributed by atoms with Gasteiger partial charge in [0.15, 0.2) is 0 Å². The van der Waals surface area contributed by atoms with Gasteiger partial charge in [-0.05, 0) is 67.0 Å². The molecule has 0 saturated heterocycles. The van der Waals surface area contributed by atoms with E-state index in [1.165, 1.54) is 24.0 Å². The van der Waals surface area contributed by atoms with Gasteiger partial charge in [0.2, 0.25) is 0 Å². The molecule has 0 bridgehead atoms. The Kier molecular flexibility index (Phi) is 3.61. The van der Waals surface area contributed by atoms with Crippen LogP contribution in [0.15, 0.2) is 30.6 Å². The van der Waals surface area contributed by atoms with Crippen molar-refractivity contribution in [2.24, 2.45) is 0 Å². The van der Waals surface area contributed by atoms with Gasteiger partial charge in [-0.15, -0.1) is 0 Å². The first-order valence-electron chi connectivity index (χ1n) is 8.29. The lowest BCUT2D eigenvalue weighted by atomic mass is 9.91. The van der Waals surface area contributed by atoms with Crippen LogP contribution in [0.3, 0.4) is 0 Å². The number of amides is 1. The molecule has 0 saturated carbocycles. The van der Waals surface area contributed by atoms with Crippen molar-refractivity contribution in [3.63, 3.8) is 0 Å². The van der Waals surface area contributed by atoms with E-state index < -0.39 is 0 Å². The summed E-state index contributed by atoms with van der Waals surface area (Å²) in [6, 6.07) is 5.64. The zero-order chi connectivity index (χ0) is 16.0. The summed E-state index contributed by atoms with van der Waals surface area (Å²) < 4.78 is 0. The first kappa shape index (κ1) is 14.7. The molecule has 1 aliphatic heterocycles. The molecule has 1 aromatic heterocycles. The summed E-state index contributed by atoms with van der Waals surface area (Å²) >= 11 is 6.16. The molecule has 1 unspecified atom stereocenters. The van der Waals surface area contributed by atoms with Crippen LogP contribution in [0, 0.1) is 0 Å². The van der Waals surface area contributed by atoms with Crippen molar-refractivity contribution >= 4 is 23.2 Å². The van der Waals surface area contributed by atoms with Gasteiger partial charge in [0.25, 0.3) is 5.91 Å². The molecule has 2 heterocycles. The Morgan fingerprint density at radius 1 is 1.26 bits per heavy atom. The zero-order valence-electron chi connectivity index (χ0n) is 13.2. The smallest absolute Gasteiger partial charge is 0.259 e. The minimum Gasteiger partial charge on any atom is -0.299 e. The van der Waals surface area contributed by atoms with Gasteiger partial charge in [0.1, 0.15) is 0 Å². The molecular weight excluding hydrogens is 308 g/mol. The Labute approximate surface area is 141 Å². The average molecular weight is 327 g/mol. The van der Waals surface area contributed by atoms with Crippen molar-refractivity contribution in [2.75, 3.05) is 4.90 Å². The number of aromatic nitrogens is 1. The molecule has 0 spiro atoms. The van der Waals surface area contributed by atoms with Gasteiger partial charge < -0.3 is 0 Å². The van der Waals surface area contributed by atoms with Gasteiger partial charge in [-0.1, -0.05) is 18.5 Å². The molecule has 118 valence electrons. The van der Waals surface area contributed by atoms with Gasteiger partial charge in [0, 0.05) is 16.8 Å². The van der Waals surface area contributed by atoms with Crippen LogP contribution in [-0.2, 0) is 12.8 Å². The number of nitrogens with zero attached hydrogens (tertiary/aromatic N) is 2. The Morgan fingerprint density at radius 2 is 2.09 bits per heavy atom. The van der Waals surface area contributed by atoms with E-state index in [1.807, 2.05) is 29.4 Å². The monoisotopic (exact) mass is 326 g/mol. The van der Waals surface area contributed by atoms with Crippen molar-refractivity contribution in [3.05, 3.63) is 57.9 Å². The summed E-state index contributed by atoms with van der Waals surface area (Å²) in [5.74, 6) is 0.0734. The normalized spacial score (nSPS) is 19.7. The summed E-state index contributed by atoms with van der Waals surface area (Å²) in [6.07, 6.45) is 9.17. The number of rotatable bonds is 2. The maximum Gasteiger partial charge on any atom is 0.259 e. The Balaban J connectivity index is 1.85. The van der Waals surface area contributed by atoms with Crippen LogP contribution in [0.1, 0.15) is 59.3 Å². The maximum atomic E-state index is 13.0. The molecule has 1 aliphatic carbocycles. The highest BCUT2D eigenvalue weighted by molar-refractivity contribution is 6.31. The van der Waals surface area contributed by atoms with E-state index >= 15 is 0 Å². The first-order chi connectivity index (χ1) is 11.2. The summed E-state index contributed by atoms with van der Waals surface area (Å²) in [5.41, 5.74) is 5.40. The highest BCUT2D eigenvalue weighted by Gasteiger charge is 2.38. The standard InChI is InChI=1S/C19H19ClN2O/c1-2-17-16-9-13(20)7-8-15(16)19(23)22(17)18-11-21-10-12-5-3-4-6-14(12)18/h7-11,17H,2-6H2,1H3. The number of halogens is 1. The Morgan fingerprint density at radius 3 is 2.91 bits per heavy atom. The van der Waals surface area contributed by atoms with Gasteiger partial charge in [-0.25, -0.2) is 0 Å². The number of pyridine rings is 1. The van der Waals surface area contributed by atoms with Crippen molar-refractivity contribution in [3.8, 4) is 0 Å². The van der Waals surface area contributed by atoms with Crippen molar-refractivity contribution < 1.29 is 4.79 Å². The minimum atomic E-state index is 0.0476. The largest absolute Gasteiger partial charge is 0.299 e. The third kappa shape index (κ3) is 2.26. The Bertz CT molecular complexity index is 787. The van der Waals surface area contributed by atoms with E-state index in [2.05, 4.69) is 11.9 Å². The molecule has 0 fully saturated rings. The second-order valence-electron chi connectivity index (χ2n) is 6.33. The third-order valence-electron chi connectivity index (χ3n) is 5.03. The lowest BCUT2D eigenvalue weighted by molar-refractivity contribution is 0.0990. The van der Waals surface area contributed by atoms with Crippen molar-refractivity contribution in [2.45, 2.75) is 45.1 Å². The number of fused-ring (bicyclic) bond motifs is 2. The van der Waals surface area contributed by atoms with E-state index in [0.29, 0.717) is 5.02 Å². The van der Waals surface area contributed by atoms with Gasteiger partial charge >= 0.3 is 0 Å². The Hall–Kier alpha value is -1.87. The molecule has 0 N–H and O–H groups in total. The van der Waals surface area contributed by atoms with Crippen LogP contribution in [0.2, 0.25) is 5.02 Å². The molecule has 4 heteroatoms. The van der Waals surface area contributed by atoms with E-state index in [4.69, 9.17) is 11.6 Å². The molecule has 1 aromatic carbocycles. The summed E-state index contributed by atoms with van der Waals surface area (Å²) in [5, 5.41) is 0.685. The van der Waals surface area contributed by atoms with Crippen LogP contribution in [0.5, 0.6) is 0 Å². The molecule has 2 aliphatic rings. The topological polar surface area (TPSA) is 33.2 Å². The molecule has 23 heavy (non-hydrogen) atoms. The second kappa shape index (κ2) is 5.64. The van der Waals surface area contributed by atoms with Crippen molar-refractivity contribution in [1.82, 2.24) is 4.98 Å². The highest BCUT2D eigenvalue weighted by Crippen LogP contribution is 2.42. The first-order valence-corrected chi connectivity index (χ1v) is 8.67. The lowest BCUT2D eigenvalue weighted by Gasteiger charge is -2.29. The SMILES string of the molecule is CCC1c2cc(Cl)ccc2C(=O)N1c1cncc2c1CCCC2. The fourth-order valence-electron chi connectivity index (χ4n) is 3.94. The van der Waals surface area contributed by atoms with Gasteiger partial charge in [0.05, 0.1) is 17.9 Å². The van der Waals surface area contributed by atoms with E-state index in [0.717, 1.165) is 36.1 Å². The fraction of sp³-hybridized carbons (Fsp3) is 0.368. The second-order valence-corrected chi connectivity index (χ2v) is 6.77. The predicted molar refractivity (Wildman–Crippen MR) is 92.2 cm³/mol. The fourth-order valence-corrected chi connectivity index (χ4v) is 4.12. The van der Waals surface area contributed by atoms with Crippen LogP contribution in [0.4, 0.5) is 5.69 Å². The molecule has 1 amide bonds. The number of hydrogen-bond donors (Lipinski definition) is 0. The van der Waals surface area contributed by atoms with Gasteiger partial charge in [-0.2, -0.15) is 0 Å². The van der Waals surface area contributed by atoms with Crippen LogP contribution >= 0.6 is 11.6 Å². The molecule has 0 radical (unpaired) electrons. The lowest BCUT2D eigenvalue weighted by Crippen LogP contribution is -2.29. The summed E-state index contributed by atoms with van der Waals surface area (Å²) in [6.45, 7) is 2.11. The highest BCUT2D eigenvalue weighted by atomic mass is 35.5. The van der Waals surface area contributed by atoms with E-state index in [1.54, 1.807) is 6.07 Å². The van der Waals surface area contributed by atoms with Crippen molar-refractivity contribution in [1.29, 1.82) is 0 Å². The van der Waals surface area contributed by atoms with Gasteiger partial charge in [-0.3, -0.25) is 14.7 Å². The maximum absolute atomic E-state index is 13.0. The molecule has 2 aromatic rings. The van der Waals surface area contributed by atoms with Crippen LogP contribution in [-0.4, -0.2) is 10.9 Å². The number of aryl methyl sites for hydroxylation is 1. The average Bonchev–Trinajstić information content (AvgIpc) is 2.85. The van der Waals surface area contributed by atoms with Crippen LogP contribution < -0.4 is 4.90 Å². The number of anilines is 1. The third-order valence-corrected chi connectivity index (χ3v) is 5.26. The van der Waals surface area contributed by atoms with Crippen LogP contribution in [0.25, 0.3) is 0 Å². The predicted octanol–water partition coefficient (Wildman–Crippen LogP) is 4.73. The number of carbonyl (C=O) groups is 1. The quantitative estimate of drug-likeness (QED) is 0.799. The minimum absolute atomic E-state index is 0.0476. The summed E-state index contributed by atoms with van der Waals surface area (Å²) in [4.78, 5) is 19.4.